The van der Waals surface area contributed by atoms with E-state index in [2.05, 4.69) is 0 Å². The van der Waals surface area contributed by atoms with Crippen LogP contribution in [0, 0.1) is 11.3 Å². The Kier molecular flexibility index (Phi) is 2.45. The van der Waals surface area contributed by atoms with Crippen molar-refractivity contribution in [3.63, 3.8) is 0 Å². The number of nitriles is 1. The van der Waals surface area contributed by atoms with Gasteiger partial charge in [-0.25, -0.2) is 4.79 Å². The fourth-order valence-corrected chi connectivity index (χ4v) is 0.866. The highest BCUT2D eigenvalue weighted by Crippen LogP contribution is 1.92. The minimum absolute atomic E-state index is 0.0283. The van der Waals surface area contributed by atoms with Crippen LogP contribution in [-0.2, 0) is 6.54 Å². The molecular formula is C8H6N2O3. The van der Waals surface area contributed by atoms with Crippen molar-refractivity contribution in [1.29, 1.82) is 5.26 Å². The van der Waals surface area contributed by atoms with Gasteiger partial charge in [-0.1, -0.05) is 0 Å². The molecule has 0 aromatic carbocycles. The highest BCUT2D eigenvalue weighted by atomic mass is 16.4. The van der Waals surface area contributed by atoms with Gasteiger partial charge in [0.25, 0.3) is 0 Å². The first-order chi connectivity index (χ1) is 6.15. The van der Waals surface area contributed by atoms with Crippen molar-refractivity contribution in [1.82, 2.24) is 4.57 Å². The molecule has 0 saturated heterocycles. The summed E-state index contributed by atoms with van der Waals surface area (Å²) in [4.78, 5) is 21.4. The minimum atomic E-state index is -1.28. The second-order valence-electron chi connectivity index (χ2n) is 2.36. The van der Waals surface area contributed by atoms with E-state index in [4.69, 9.17) is 10.4 Å². The molecule has 1 N–H and O–H groups in total. The number of pyridine rings is 1. The Labute approximate surface area is 73.5 Å². The molecule has 0 aliphatic heterocycles. The quantitative estimate of drug-likeness (QED) is 0.694. The van der Waals surface area contributed by atoms with E-state index < -0.39 is 11.4 Å². The monoisotopic (exact) mass is 178 g/mol. The molecule has 1 heterocycles. The van der Waals surface area contributed by atoms with Crippen LogP contribution in [0.1, 0.15) is 10.4 Å². The average molecular weight is 178 g/mol. The molecule has 0 radical (unpaired) electrons. The maximum atomic E-state index is 10.9. The zero-order valence-corrected chi connectivity index (χ0v) is 6.60. The Morgan fingerprint density at radius 1 is 1.69 bits per heavy atom. The van der Waals surface area contributed by atoms with Gasteiger partial charge in [0, 0.05) is 18.5 Å². The molecule has 1 rings (SSSR count). The van der Waals surface area contributed by atoms with Crippen LogP contribution in [0.3, 0.4) is 0 Å². The van der Waals surface area contributed by atoms with Crippen molar-refractivity contribution >= 4 is 5.97 Å². The van der Waals surface area contributed by atoms with Gasteiger partial charge in [0.15, 0.2) is 5.43 Å². The first-order valence-electron chi connectivity index (χ1n) is 3.45. The number of nitrogens with zero attached hydrogens (tertiary/aromatic N) is 2. The van der Waals surface area contributed by atoms with Crippen LogP contribution in [0.4, 0.5) is 0 Å². The van der Waals surface area contributed by atoms with E-state index >= 15 is 0 Å². The number of aromatic carboxylic acids is 1. The fraction of sp³-hybridized carbons (Fsp3) is 0.125. The summed E-state index contributed by atoms with van der Waals surface area (Å²) < 4.78 is 1.34. The summed E-state index contributed by atoms with van der Waals surface area (Å²) in [6.45, 7) is 0.0283. The smallest absolute Gasteiger partial charge is 0.341 e. The summed E-state index contributed by atoms with van der Waals surface area (Å²) in [7, 11) is 0. The van der Waals surface area contributed by atoms with Crippen LogP contribution in [-0.4, -0.2) is 15.6 Å². The SMILES string of the molecule is N#CCn1ccc(=O)c(C(=O)O)c1. The van der Waals surface area contributed by atoms with E-state index in [1.165, 1.54) is 10.8 Å². The minimum Gasteiger partial charge on any atom is -0.477 e. The van der Waals surface area contributed by atoms with Crippen LogP contribution >= 0.6 is 0 Å². The van der Waals surface area contributed by atoms with Gasteiger partial charge in [0.2, 0.25) is 0 Å². The molecule has 0 fully saturated rings. The summed E-state index contributed by atoms with van der Waals surface area (Å²) in [5, 5.41) is 16.9. The number of aromatic nitrogens is 1. The van der Waals surface area contributed by atoms with Gasteiger partial charge in [0.1, 0.15) is 12.1 Å². The Morgan fingerprint density at radius 3 is 2.92 bits per heavy atom. The Balaban J connectivity index is 3.21. The topological polar surface area (TPSA) is 83.1 Å². The summed E-state index contributed by atoms with van der Waals surface area (Å²) in [5.74, 6) is -1.28. The summed E-state index contributed by atoms with van der Waals surface area (Å²) >= 11 is 0. The lowest BCUT2D eigenvalue weighted by Crippen LogP contribution is -2.16. The second-order valence-corrected chi connectivity index (χ2v) is 2.36. The molecular weight excluding hydrogens is 172 g/mol. The normalized spacial score (nSPS) is 9.15. The van der Waals surface area contributed by atoms with Gasteiger partial charge >= 0.3 is 5.97 Å². The Hall–Kier alpha value is -2.09. The molecule has 0 spiro atoms. The molecule has 0 aliphatic carbocycles. The third-order valence-corrected chi connectivity index (χ3v) is 1.46. The molecule has 1 aromatic rings. The van der Waals surface area contributed by atoms with Crippen LogP contribution < -0.4 is 5.43 Å². The molecule has 0 saturated carbocycles. The standard InChI is InChI=1S/C8H6N2O3/c9-2-4-10-3-1-7(11)6(5-10)8(12)13/h1,3,5H,4H2,(H,12,13). The number of carboxylic acid groups (broad SMARTS) is 1. The first kappa shape index (κ1) is 9.00. The molecule has 0 aliphatic rings. The zero-order chi connectivity index (χ0) is 9.84. The van der Waals surface area contributed by atoms with Gasteiger partial charge in [-0.3, -0.25) is 4.79 Å². The zero-order valence-electron chi connectivity index (χ0n) is 6.60. The Bertz CT molecular complexity index is 428. The third-order valence-electron chi connectivity index (χ3n) is 1.46. The second kappa shape index (κ2) is 3.54. The van der Waals surface area contributed by atoms with Crippen molar-refractivity contribution < 1.29 is 9.90 Å². The van der Waals surface area contributed by atoms with E-state index in [9.17, 15) is 9.59 Å². The van der Waals surface area contributed by atoms with Crippen molar-refractivity contribution in [3.8, 4) is 6.07 Å². The molecule has 5 nitrogen and oxygen atoms in total. The van der Waals surface area contributed by atoms with E-state index in [0.717, 1.165) is 12.3 Å². The highest BCUT2D eigenvalue weighted by molar-refractivity contribution is 5.86. The van der Waals surface area contributed by atoms with Crippen molar-refractivity contribution in [2.75, 3.05) is 0 Å². The van der Waals surface area contributed by atoms with Crippen molar-refractivity contribution in [2.24, 2.45) is 0 Å². The largest absolute Gasteiger partial charge is 0.477 e. The van der Waals surface area contributed by atoms with E-state index in [1.54, 1.807) is 0 Å². The number of carbonyl (C=O) groups is 1. The third kappa shape index (κ3) is 1.93. The lowest BCUT2D eigenvalue weighted by Gasteiger charge is -2.00. The predicted molar refractivity (Wildman–Crippen MR) is 43.3 cm³/mol. The lowest BCUT2D eigenvalue weighted by atomic mass is 10.3. The molecule has 0 atom stereocenters. The van der Waals surface area contributed by atoms with E-state index in [-0.39, 0.29) is 12.1 Å². The molecule has 0 amide bonds. The van der Waals surface area contributed by atoms with E-state index in [0.29, 0.717) is 0 Å². The van der Waals surface area contributed by atoms with Gasteiger partial charge in [-0.05, 0) is 0 Å². The molecule has 1 aromatic heterocycles. The lowest BCUT2D eigenvalue weighted by molar-refractivity contribution is 0.0694. The van der Waals surface area contributed by atoms with Crippen LogP contribution in [0.25, 0.3) is 0 Å². The maximum Gasteiger partial charge on any atom is 0.341 e. The highest BCUT2D eigenvalue weighted by Gasteiger charge is 2.07. The number of hydrogen-bond acceptors (Lipinski definition) is 3. The van der Waals surface area contributed by atoms with Gasteiger partial charge < -0.3 is 9.67 Å². The molecule has 5 heteroatoms. The molecule has 13 heavy (non-hydrogen) atoms. The summed E-state index contributed by atoms with van der Waals surface area (Å²) in [6.07, 6.45) is 2.52. The molecule has 0 bridgehead atoms. The Morgan fingerprint density at radius 2 is 2.38 bits per heavy atom. The van der Waals surface area contributed by atoms with Crippen LogP contribution in [0.5, 0.6) is 0 Å². The predicted octanol–water partition coefficient (Wildman–Crippen LogP) is 0.0701. The summed E-state index contributed by atoms with van der Waals surface area (Å²) in [5.41, 5.74) is -0.876. The van der Waals surface area contributed by atoms with Crippen LogP contribution in [0.15, 0.2) is 23.3 Å². The first-order valence-corrected chi connectivity index (χ1v) is 3.45. The van der Waals surface area contributed by atoms with Gasteiger partial charge in [-0.2, -0.15) is 5.26 Å². The van der Waals surface area contributed by atoms with Gasteiger partial charge in [-0.15, -0.1) is 0 Å². The average Bonchev–Trinajstić information content (AvgIpc) is 2.08. The number of hydrogen-bond donors (Lipinski definition) is 1. The number of rotatable bonds is 2. The van der Waals surface area contributed by atoms with Crippen molar-refractivity contribution in [2.45, 2.75) is 6.54 Å². The fourth-order valence-electron chi connectivity index (χ4n) is 0.866. The van der Waals surface area contributed by atoms with Gasteiger partial charge in [0.05, 0.1) is 6.07 Å². The molecule has 0 unspecified atom stereocenters. The summed E-state index contributed by atoms with van der Waals surface area (Å²) in [6, 6.07) is 2.96. The maximum absolute atomic E-state index is 10.9. The van der Waals surface area contributed by atoms with Crippen molar-refractivity contribution in [3.05, 3.63) is 34.2 Å². The van der Waals surface area contributed by atoms with E-state index in [1.807, 2.05) is 6.07 Å². The number of carboxylic acids is 1. The molecule has 66 valence electrons. The van der Waals surface area contributed by atoms with Crippen LogP contribution in [0.2, 0.25) is 0 Å².